The fourth-order valence-electron chi connectivity index (χ4n) is 2.00. The lowest BCUT2D eigenvalue weighted by atomic mass is 10.0. The van der Waals surface area contributed by atoms with Crippen molar-refractivity contribution in [3.05, 3.63) is 62.5 Å². The van der Waals surface area contributed by atoms with E-state index in [1.165, 1.54) is 12.1 Å². The minimum atomic E-state index is -0.606. The second-order valence-corrected chi connectivity index (χ2v) is 6.24. The van der Waals surface area contributed by atoms with Crippen molar-refractivity contribution in [3.8, 4) is 0 Å². The van der Waals surface area contributed by atoms with Gasteiger partial charge in [0.1, 0.15) is 17.3 Å². The quantitative estimate of drug-likeness (QED) is 0.653. The first-order valence-corrected chi connectivity index (χ1v) is 7.76. The van der Waals surface area contributed by atoms with Crippen molar-refractivity contribution in [2.45, 2.75) is 19.4 Å². The van der Waals surface area contributed by atoms with Crippen molar-refractivity contribution >= 4 is 37.5 Å². The molecule has 1 atom stereocenters. The van der Waals surface area contributed by atoms with Gasteiger partial charge in [-0.1, -0.05) is 50.9 Å². The molecule has 0 spiro atoms. The molecule has 1 nitrogen and oxygen atoms in total. The van der Waals surface area contributed by atoms with E-state index in [9.17, 15) is 8.78 Å². The molecule has 0 fully saturated rings. The van der Waals surface area contributed by atoms with Crippen molar-refractivity contribution in [2.75, 3.05) is 5.32 Å². The first kappa shape index (κ1) is 15.4. The molecule has 20 heavy (non-hydrogen) atoms. The van der Waals surface area contributed by atoms with E-state index in [2.05, 4.69) is 37.2 Å². The summed E-state index contributed by atoms with van der Waals surface area (Å²) in [5, 5.41) is 2.94. The van der Waals surface area contributed by atoms with Crippen molar-refractivity contribution in [2.24, 2.45) is 0 Å². The van der Waals surface area contributed by atoms with Gasteiger partial charge in [-0.05, 0) is 36.2 Å². The van der Waals surface area contributed by atoms with Crippen LogP contribution < -0.4 is 5.32 Å². The Kier molecular flexibility index (Phi) is 5.16. The molecule has 0 amide bonds. The van der Waals surface area contributed by atoms with E-state index in [-0.39, 0.29) is 11.7 Å². The van der Waals surface area contributed by atoms with E-state index in [0.717, 1.165) is 10.0 Å². The zero-order valence-corrected chi connectivity index (χ0v) is 13.9. The summed E-state index contributed by atoms with van der Waals surface area (Å²) >= 11 is 6.47. The first-order valence-electron chi connectivity index (χ1n) is 6.17. The van der Waals surface area contributed by atoms with Crippen molar-refractivity contribution in [3.63, 3.8) is 0 Å². The second-order valence-electron chi connectivity index (χ2n) is 4.40. The standard InChI is InChI=1S/C15H13Br2F2N/c1-2-14(9-4-3-5-10(16)6-9)20-15-12(18)7-11(17)8-13(15)19/h3-8,14,20H,2H2,1H3. The van der Waals surface area contributed by atoms with Gasteiger partial charge in [0.05, 0.1) is 6.04 Å². The third-order valence-electron chi connectivity index (χ3n) is 2.98. The Balaban J connectivity index is 2.32. The summed E-state index contributed by atoms with van der Waals surface area (Å²) < 4.78 is 29.0. The maximum Gasteiger partial charge on any atom is 0.150 e. The Bertz CT molecular complexity index is 594. The predicted molar refractivity (Wildman–Crippen MR) is 84.9 cm³/mol. The molecule has 0 aliphatic heterocycles. The van der Waals surface area contributed by atoms with Crippen LogP contribution in [0.25, 0.3) is 0 Å². The smallest absolute Gasteiger partial charge is 0.150 e. The monoisotopic (exact) mass is 403 g/mol. The van der Waals surface area contributed by atoms with E-state index in [4.69, 9.17) is 0 Å². The molecule has 0 aliphatic carbocycles. The third kappa shape index (κ3) is 3.58. The molecule has 0 radical (unpaired) electrons. The fourth-order valence-corrected chi connectivity index (χ4v) is 2.82. The van der Waals surface area contributed by atoms with Gasteiger partial charge < -0.3 is 5.32 Å². The fraction of sp³-hybridized carbons (Fsp3) is 0.200. The minimum Gasteiger partial charge on any atom is -0.373 e. The summed E-state index contributed by atoms with van der Waals surface area (Å²) in [7, 11) is 0. The predicted octanol–water partition coefficient (Wildman–Crippen LogP) is 6.05. The molecule has 5 heteroatoms. The van der Waals surface area contributed by atoms with Crippen LogP contribution in [0.5, 0.6) is 0 Å². The summed E-state index contributed by atoms with van der Waals surface area (Å²) in [6.07, 6.45) is 0.714. The van der Waals surface area contributed by atoms with Crippen LogP contribution in [0.15, 0.2) is 45.3 Å². The van der Waals surface area contributed by atoms with Crippen LogP contribution in [0.2, 0.25) is 0 Å². The molecular weight excluding hydrogens is 392 g/mol. The molecule has 0 heterocycles. The average Bonchev–Trinajstić information content (AvgIpc) is 2.38. The molecule has 0 bridgehead atoms. The Morgan fingerprint density at radius 2 is 1.70 bits per heavy atom. The van der Waals surface area contributed by atoms with Crippen LogP contribution in [-0.4, -0.2) is 0 Å². The van der Waals surface area contributed by atoms with Gasteiger partial charge >= 0.3 is 0 Å². The summed E-state index contributed by atoms with van der Waals surface area (Å²) in [4.78, 5) is 0. The average molecular weight is 405 g/mol. The van der Waals surface area contributed by atoms with Crippen LogP contribution in [0.3, 0.4) is 0 Å². The van der Waals surface area contributed by atoms with E-state index >= 15 is 0 Å². The van der Waals surface area contributed by atoms with Crippen molar-refractivity contribution in [1.82, 2.24) is 0 Å². The molecule has 0 saturated carbocycles. The maximum absolute atomic E-state index is 13.9. The summed E-state index contributed by atoms with van der Waals surface area (Å²) in [6.45, 7) is 1.97. The number of rotatable bonds is 4. The first-order chi connectivity index (χ1) is 9.51. The number of nitrogens with one attached hydrogen (secondary N) is 1. The van der Waals surface area contributed by atoms with Gasteiger partial charge in [-0.3, -0.25) is 0 Å². The van der Waals surface area contributed by atoms with Gasteiger partial charge in [-0.2, -0.15) is 0 Å². The second kappa shape index (κ2) is 6.68. The highest BCUT2D eigenvalue weighted by Gasteiger charge is 2.16. The van der Waals surface area contributed by atoms with Crippen molar-refractivity contribution in [1.29, 1.82) is 0 Å². The minimum absolute atomic E-state index is 0.0972. The lowest BCUT2D eigenvalue weighted by molar-refractivity contribution is 0.579. The van der Waals surface area contributed by atoms with Gasteiger partial charge in [-0.15, -0.1) is 0 Å². The number of anilines is 1. The van der Waals surface area contributed by atoms with Gasteiger partial charge in [0, 0.05) is 8.95 Å². The largest absolute Gasteiger partial charge is 0.373 e. The molecule has 1 N–H and O–H groups in total. The molecule has 2 aromatic carbocycles. The number of halogens is 4. The van der Waals surface area contributed by atoms with Gasteiger partial charge in [0.25, 0.3) is 0 Å². The number of benzene rings is 2. The highest BCUT2D eigenvalue weighted by Crippen LogP contribution is 2.29. The Morgan fingerprint density at radius 3 is 2.25 bits per heavy atom. The molecule has 2 aromatic rings. The van der Waals surface area contributed by atoms with Gasteiger partial charge in [0.2, 0.25) is 0 Å². The van der Waals surface area contributed by atoms with Crippen LogP contribution in [-0.2, 0) is 0 Å². The summed E-state index contributed by atoms with van der Waals surface area (Å²) in [5.74, 6) is -1.21. The highest BCUT2D eigenvalue weighted by molar-refractivity contribution is 9.10. The third-order valence-corrected chi connectivity index (χ3v) is 3.94. The molecule has 0 aromatic heterocycles. The normalized spacial score (nSPS) is 12.2. The van der Waals surface area contributed by atoms with Crippen LogP contribution in [0.4, 0.5) is 14.5 Å². The van der Waals surface area contributed by atoms with E-state index in [1.54, 1.807) is 0 Å². The Labute approximate surface area is 133 Å². The highest BCUT2D eigenvalue weighted by atomic mass is 79.9. The molecule has 1 unspecified atom stereocenters. The van der Waals surface area contributed by atoms with Gasteiger partial charge in [0.15, 0.2) is 0 Å². The molecule has 0 saturated heterocycles. The lowest BCUT2D eigenvalue weighted by Crippen LogP contribution is -2.12. The molecular formula is C15H13Br2F2N. The Morgan fingerprint density at radius 1 is 1.05 bits per heavy atom. The van der Waals surface area contributed by atoms with Crippen LogP contribution >= 0.6 is 31.9 Å². The van der Waals surface area contributed by atoms with Crippen molar-refractivity contribution < 1.29 is 8.78 Å². The van der Waals surface area contributed by atoms with Crippen LogP contribution in [0, 0.1) is 11.6 Å². The zero-order valence-electron chi connectivity index (χ0n) is 10.8. The van der Waals surface area contributed by atoms with Crippen LogP contribution in [0.1, 0.15) is 24.9 Å². The number of hydrogen-bond acceptors (Lipinski definition) is 1. The topological polar surface area (TPSA) is 12.0 Å². The number of hydrogen-bond donors (Lipinski definition) is 1. The SMILES string of the molecule is CCC(Nc1c(F)cc(Br)cc1F)c1cccc(Br)c1. The maximum atomic E-state index is 13.9. The molecule has 0 aliphatic rings. The summed E-state index contributed by atoms with van der Waals surface area (Å²) in [5.41, 5.74) is 0.878. The zero-order chi connectivity index (χ0) is 14.7. The Hall–Kier alpha value is -0.940. The lowest BCUT2D eigenvalue weighted by Gasteiger charge is -2.20. The van der Waals surface area contributed by atoms with E-state index < -0.39 is 11.6 Å². The molecule has 106 valence electrons. The van der Waals surface area contributed by atoms with E-state index in [1.807, 2.05) is 31.2 Å². The van der Waals surface area contributed by atoms with Gasteiger partial charge in [-0.25, -0.2) is 8.78 Å². The molecule has 2 rings (SSSR count). The summed E-state index contributed by atoms with van der Waals surface area (Å²) in [6, 6.07) is 10.0. The van der Waals surface area contributed by atoms with E-state index in [0.29, 0.717) is 10.9 Å².